The van der Waals surface area contributed by atoms with Crippen LogP contribution < -0.4 is 19.5 Å². The van der Waals surface area contributed by atoms with Crippen LogP contribution in [-0.2, 0) is 24.6 Å². The maximum atomic E-state index is 12.1. The number of rotatable bonds is 16. The number of nitriles is 1. The Labute approximate surface area is 331 Å². The third kappa shape index (κ3) is 9.89. The third-order valence-corrected chi connectivity index (χ3v) is 11.2. The van der Waals surface area contributed by atoms with Crippen molar-refractivity contribution in [1.82, 2.24) is 15.2 Å². The fourth-order valence-corrected chi connectivity index (χ4v) is 8.00. The monoisotopic (exact) mass is 788 g/mol. The highest BCUT2D eigenvalue weighted by Crippen LogP contribution is 2.40. The molecule has 3 aromatic carbocycles. The molecule has 2 saturated heterocycles. The maximum Gasteiger partial charge on any atom is 0.320 e. The first-order chi connectivity index (χ1) is 26.6. The van der Waals surface area contributed by atoms with E-state index in [1.165, 1.54) is 6.20 Å². The number of carboxylic acid groups (broad SMARTS) is 1. The molecule has 0 aliphatic carbocycles. The summed E-state index contributed by atoms with van der Waals surface area (Å²) in [4.78, 5) is 18.2. The molecule has 0 radical (unpaired) electrons. The first-order valence-electron chi connectivity index (χ1n) is 18.5. The number of hydrogen-bond donors (Lipinski definition) is 4. The van der Waals surface area contributed by atoms with Gasteiger partial charge in [0.05, 0.1) is 34.9 Å². The second-order valence-corrected chi connectivity index (χ2v) is 15.2. The molecule has 13 heteroatoms. The van der Waals surface area contributed by atoms with Crippen LogP contribution in [0.1, 0.15) is 59.9 Å². The summed E-state index contributed by atoms with van der Waals surface area (Å²) in [7, 11) is 0. The Morgan fingerprint density at radius 1 is 1.04 bits per heavy atom. The standard InChI is InChI=1S/C42H46Cl2N4O7/c1-27-30(6-4-7-33(27)34-8-5-10-37(40(34)44)55-26-42(11-12-46-25-42)17-32(50)22-49)24-54-39-16-38(53-23-29-14-28(18-45)19-47-20-29)31(15-35(39)43)21-48-13-3-2-9-36(48)41(51)52/h4-8,10,14-16,19-20,32,36,46,49-50H,2-3,9,11-13,17,21-26H2,1H3,(H,51,52)/t32?,36-,42-/m0/s1. The number of hydrogen-bond acceptors (Lipinski definition) is 10. The highest BCUT2D eigenvalue weighted by Gasteiger charge is 2.37. The fourth-order valence-electron chi connectivity index (χ4n) is 7.48. The molecule has 3 heterocycles. The second kappa shape index (κ2) is 18.5. The lowest BCUT2D eigenvalue weighted by molar-refractivity contribution is -0.144. The van der Waals surface area contributed by atoms with Gasteiger partial charge in [0.2, 0.25) is 0 Å². The Bertz CT molecular complexity index is 2020. The van der Waals surface area contributed by atoms with Gasteiger partial charge in [-0.2, -0.15) is 5.26 Å². The zero-order valence-corrected chi connectivity index (χ0v) is 32.3. The Kier molecular flexibility index (Phi) is 13.5. The number of likely N-dealkylation sites (tertiary alicyclic amines) is 1. The van der Waals surface area contributed by atoms with E-state index in [0.717, 1.165) is 53.6 Å². The van der Waals surface area contributed by atoms with Crippen molar-refractivity contribution in [2.24, 2.45) is 5.41 Å². The highest BCUT2D eigenvalue weighted by molar-refractivity contribution is 6.35. The van der Waals surface area contributed by atoms with Crippen molar-refractivity contribution in [2.45, 2.75) is 70.9 Å². The first-order valence-corrected chi connectivity index (χ1v) is 19.2. The lowest BCUT2D eigenvalue weighted by atomic mass is 9.82. The maximum absolute atomic E-state index is 12.1. The molecule has 290 valence electrons. The molecule has 2 aliphatic rings. The van der Waals surface area contributed by atoms with Gasteiger partial charge in [-0.15, -0.1) is 0 Å². The number of carbonyl (C=O) groups is 1. The largest absolute Gasteiger partial charge is 0.491 e. The number of nitrogens with one attached hydrogen (secondary N) is 1. The lowest BCUT2D eigenvalue weighted by Crippen LogP contribution is -2.44. The van der Waals surface area contributed by atoms with Gasteiger partial charge in [-0.25, -0.2) is 0 Å². The van der Waals surface area contributed by atoms with Crippen LogP contribution >= 0.6 is 23.2 Å². The number of ether oxygens (including phenoxy) is 3. The summed E-state index contributed by atoms with van der Waals surface area (Å²) in [5.41, 5.74) is 5.13. The molecule has 0 spiro atoms. The lowest BCUT2D eigenvalue weighted by Gasteiger charge is -2.33. The minimum atomic E-state index is -0.851. The molecular formula is C42H46Cl2N4O7. The summed E-state index contributed by atoms with van der Waals surface area (Å²) in [5.74, 6) is 0.582. The molecule has 1 aromatic heterocycles. The summed E-state index contributed by atoms with van der Waals surface area (Å²) in [6.45, 7) is 4.84. The molecule has 3 atom stereocenters. The summed E-state index contributed by atoms with van der Waals surface area (Å²) < 4.78 is 19.0. The molecule has 1 unspecified atom stereocenters. The molecule has 6 rings (SSSR count). The van der Waals surface area contributed by atoms with Gasteiger partial charge in [0.15, 0.2) is 0 Å². The summed E-state index contributed by atoms with van der Waals surface area (Å²) >= 11 is 13.8. The van der Waals surface area contributed by atoms with Crippen LogP contribution in [0.2, 0.25) is 10.0 Å². The van der Waals surface area contributed by atoms with Crippen molar-refractivity contribution in [2.75, 3.05) is 32.8 Å². The van der Waals surface area contributed by atoms with E-state index in [9.17, 15) is 25.4 Å². The van der Waals surface area contributed by atoms with Crippen LogP contribution in [0.25, 0.3) is 11.1 Å². The number of benzene rings is 3. The average molecular weight is 790 g/mol. The van der Waals surface area contributed by atoms with Crippen molar-refractivity contribution in [3.05, 3.63) is 105 Å². The van der Waals surface area contributed by atoms with Crippen LogP contribution in [-0.4, -0.2) is 76.2 Å². The van der Waals surface area contributed by atoms with Crippen LogP contribution in [0.3, 0.4) is 0 Å². The molecule has 2 fully saturated rings. The Morgan fingerprint density at radius 2 is 1.84 bits per heavy atom. The van der Waals surface area contributed by atoms with E-state index in [2.05, 4.69) is 16.4 Å². The van der Waals surface area contributed by atoms with E-state index >= 15 is 0 Å². The van der Waals surface area contributed by atoms with Gasteiger partial charge in [-0.1, -0.05) is 60.0 Å². The molecule has 55 heavy (non-hydrogen) atoms. The third-order valence-electron chi connectivity index (χ3n) is 10.5. The van der Waals surface area contributed by atoms with Gasteiger partial charge in [0.25, 0.3) is 0 Å². The molecule has 0 saturated carbocycles. The zero-order valence-electron chi connectivity index (χ0n) is 30.8. The number of nitrogens with zero attached hydrogens (tertiary/aromatic N) is 3. The number of pyridine rings is 1. The van der Waals surface area contributed by atoms with Crippen LogP contribution in [0.15, 0.2) is 67.0 Å². The highest BCUT2D eigenvalue weighted by atomic mass is 35.5. The van der Waals surface area contributed by atoms with E-state index in [4.69, 9.17) is 37.4 Å². The first kappa shape index (κ1) is 40.3. The van der Waals surface area contributed by atoms with Crippen LogP contribution in [0.4, 0.5) is 0 Å². The molecule has 2 aliphatic heterocycles. The van der Waals surface area contributed by atoms with E-state index in [1.54, 1.807) is 24.4 Å². The van der Waals surface area contributed by atoms with Crippen LogP contribution in [0, 0.1) is 23.7 Å². The van der Waals surface area contributed by atoms with Gasteiger partial charge in [0, 0.05) is 53.7 Å². The number of halogens is 2. The van der Waals surface area contributed by atoms with E-state index in [1.807, 2.05) is 48.2 Å². The summed E-state index contributed by atoms with van der Waals surface area (Å²) in [5, 5.41) is 43.1. The Balaban J connectivity index is 1.22. The number of aliphatic hydroxyl groups excluding tert-OH is 2. The Hall–Kier alpha value is -4.41. The predicted octanol–water partition coefficient (Wildman–Crippen LogP) is 6.93. The smallest absolute Gasteiger partial charge is 0.320 e. The number of aliphatic carboxylic acids is 1. The van der Waals surface area contributed by atoms with Crippen LogP contribution in [0.5, 0.6) is 17.2 Å². The number of piperidine rings is 1. The normalized spacial score (nSPS) is 19.1. The van der Waals surface area contributed by atoms with E-state index < -0.39 is 18.1 Å². The number of aromatic nitrogens is 1. The van der Waals surface area contributed by atoms with Gasteiger partial charge in [0.1, 0.15) is 42.6 Å². The van der Waals surface area contributed by atoms with Crippen molar-refractivity contribution < 1.29 is 34.3 Å². The van der Waals surface area contributed by atoms with Gasteiger partial charge < -0.3 is 34.8 Å². The molecule has 4 aromatic rings. The number of aliphatic hydroxyl groups is 2. The van der Waals surface area contributed by atoms with Crippen molar-refractivity contribution in [3.8, 4) is 34.4 Å². The Morgan fingerprint density at radius 3 is 2.60 bits per heavy atom. The molecule has 4 N–H and O–H groups in total. The van der Waals surface area contributed by atoms with Crippen molar-refractivity contribution in [3.63, 3.8) is 0 Å². The SMILES string of the molecule is Cc1c(COc2cc(OCc3cncc(C#N)c3)c(CN3CCCC[C@H]3C(=O)O)cc2Cl)cccc1-c1cccc(OC[C@]2(CC(O)CO)CCNC2)c1Cl. The predicted molar refractivity (Wildman–Crippen MR) is 210 cm³/mol. The quantitative estimate of drug-likeness (QED) is 0.0933. The second-order valence-electron chi connectivity index (χ2n) is 14.4. The number of carboxylic acids is 1. The van der Waals surface area contributed by atoms with Crippen molar-refractivity contribution >= 4 is 29.2 Å². The summed E-state index contributed by atoms with van der Waals surface area (Å²) in [6.07, 6.45) is 5.87. The molecule has 0 bridgehead atoms. The zero-order chi connectivity index (χ0) is 39.0. The van der Waals surface area contributed by atoms with Crippen molar-refractivity contribution in [1.29, 1.82) is 5.26 Å². The van der Waals surface area contributed by atoms with E-state index in [-0.39, 0.29) is 25.2 Å². The van der Waals surface area contributed by atoms with Gasteiger partial charge >= 0.3 is 5.97 Å². The van der Waals surface area contributed by atoms with Gasteiger partial charge in [-0.3, -0.25) is 14.7 Å². The molecular weight excluding hydrogens is 743 g/mol. The minimum absolute atomic E-state index is 0.131. The molecule has 11 nitrogen and oxygen atoms in total. The summed E-state index contributed by atoms with van der Waals surface area (Å²) in [6, 6.07) is 18.3. The molecule has 0 amide bonds. The average Bonchev–Trinajstić information content (AvgIpc) is 3.65. The minimum Gasteiger partial charge on any atom is -0.491 e. The van der Waals surface area contributed by atoms with Gasteiger partial charge in [-0.05, 0) is 80.6 Å². The fraction of sp³-hybridized carbons (Fsp3) is 0.405. The topological polar surface area (TPSA) is 157 Å². The van der Waals surface area contributed by atoms with E-state index in [0.29, 0.717) is 77.5 Å².